The summed E-state index contributed by atoms with van der Waals surface area (Å²) >= 11 is 5.23. The van der Waals surface area contributed by atoms with Crippen molar-refractivity contribution in [2.24, 2.45) is 0 Å². The van der Waals surface area contributed by atoms with Crippen molar-refractivity contribution in [1.29, 1.82) is 0 Å². The van der Waals surface area contributed by atoms with Crippen LogP contribution in [-0.4, -0.2) is 23.4 Å². The standard InChI is InChI=1S/C6H3BrIN5/c7-4-1-2-5(9-3-4)6-10-12-13(8)11-6/h1-3H. The maximum absolute atomic E-state index is 4.13. The van der Waals surface area contributed by atoms with Gasteiger partial charge in [0, 0.05) is 10.7 Å². The summed E-state index contributed by atoms with van der Waals surface area (Å²) in [5, 5.41) is 11.6. The molecule has 0 atom stereocenters. The summed E-state index contributed by atoms with van der Waals surface area (Å²) in [7, 11) is 0. The first-order valence-electron chi connectivity index (χ1n) is 3.34. The van der Waals surface area contributed by atoms with E-state index in [1.54, 1.807) is 6.20 Å². The third-order valence-electron chi connectivity index (χ3n) is 1.35. The van der Waals surface area contributed by atoms with E-state index in [4.69, 9.17) is 0 Å². The zero-order valence-corrected chi connectivity index (χ0v) is 9.97. The maximum Gasteiger partial charge on any atom is 0.224 e. The van der Waals surface area contributed by atoms with E-state index in [2.05, 4.69) is 36.3 Å². The molecule has 2 aromatic heterocycles. The fourth-order valence-corrected chi connectivity index (χ4v) is 1.34. The van der Waals surface area contributed by atoms with Crippen molar-refractivity contribution >= 4 is 38.8 Å². The summed E-state index contributed by atoms with van der Waals surface area (Å²) in [5.41, 5.74) is 0.714. The minimum Gasteiger partial charge on any atom is -0.252 e. The SMILES string of the molecule is Brc1ccc(-c2nnn(I)n2)nc1. The Labute approximate surface area is 96.2 Å². The first-order chi connectivity index (χ1) is 6.25. The van der Waals surface area contributed by atoms with Gasteiger partial charge in [0.1, 0.15) is 28.6 Å². The molecule has 0 aliphatic heterocycles. The molecule has 0 N–H and O–H groups in total. The first kappa shape index (κ1) is 9.00. The summed E-state index contributed by atoms with van der Waals surface area (Å²) in [6, 6.07) is 3.72. The lowest BCUT2D eigenvalue weighted by molar-refractivity contribution is 0.853. The van der Waals surface area contributed by atoms with E-state index in [0.717, 1.165) is 4.47 Å². The predicted octanol–water partition coefficient (Wildman–Crippen LogP) is 1.70. The summed E-state index contributed by atoms with van der Waals surface area (Å²) in [4.78, 5) is 4.13. The van der Waals surface area contributed by atoms with Crippen molar-refractivity contribution in [3.05, 3.63) is 22.8 Å². The van der Waals surface area contributed by atoms with Gasteiger partial charge >= 0.3 is 0 Å². The Morgan fingerprint density at radius 2 is 2.23 bits per heavy atom. The highest BCUT2D eigenvalue weighted by molar-refractivity contribution is 14.1. The zero-order valence-electron chi connectivity index (χ0n) is 6.22. The van der Waals surface area contributed by atoms with Crippen LogP contribution in [0.1, 0.15) is 0 Å². The van der Waals surface area contributed by atoms with Crippen molar-refractivity contribution in [3.63, 3.8) is 0 Å². The van der Waals surface area contributed by atoms with Crippen molar-refractivity contribution in [2.75, 3.05) is 0 Å². The summed E-state index contributed by atoms with van der Waals surface area (Å²) in [5.74, 6) is 0.530. The third kappa shape index (κ3) is 2.02. The molecule has 5 nitrogen and oxygen atoms in total. The van der Waals surface area contributed by atoms with Crippen LogP contribution < -0.4 is 0 Å². The Kier molecular flexibility index (Phi) is 2.54. The molecule has 2 rings (SSSR count). The van der Waals surface area contributed by atoms with E-state index in [0.29, 0.717) is 11.5 Å². The lowest BCUT2D eigenvalue weighted by Gasteiger charge is -1.92. The van der Waals surface area contributed by atoms with Crippen LogP contribution in [0.5, 0.6) is 0 Å². The van der Waals surface area contributed by atoms with Crippen molar-refractivity contribution in [3.8, 4) is 11.5 Å². The van der Waals surface area contributed by atoms with Crippen LogP contribution in [0.25, 0.3) is 11.5 Å². The number of nitrogens with zero attached hydrogens (tertiary/aromatic N) is 5. The summed E-state index contributed by atoms with van der Waals surface area (Å²) in [6.45, 7) is 0. The lowest BCUT2D eigenvalue weighted by Crippen LogP contribution is -1.86. The molecule has 0 unspecified atom stereocenters. The molecule has 0 aliphatic carbocycles. The Hall–Kier alpha value is -0.570. The molecule has 2 aromatic rings. The highest BCUT2D eigenvalue weighted by Gasteiger charge is 2.04. The molecule has 0 fully saturated rings. The third-order valence-corrected chi connectivity index (χ3v) is 2.22. The van der Waals surface area contributed by atoms with Crippen LogP contribution in [0.3, 0.4) is 0 Å². The quantitative estimate of drug-likeness (QED) is 0.734. The van der Waals surface area contributed by atoms with Crippen molar-refractivity contribution in [1.82, 2.24) is 23.4 Å². The van der Waals surface area contributed by atoms with Gasteiger partial charge in [-0.25, -0.2) is 0 Å². The van der Waals surface area contributed by atoms with E-state index in [-0.39, 0.29) is 0 Å². The molecule has 0 radical (unpaired) electrons. The van der Waals surface area contributed by atoms with Crippen LogP contribution >= 0.6 is 38.8 Å². The van der Waals surface area contributed by atoms with Gasteiger partial charge in [-0.05, 0) is 33.3 Å². The van der Waals surface area contributed by atoms with E-state index in [1.165, 1.54) is 3.01 Å². The number of aromatic nitrogens is 5. The number of rotatable bonds is 1. The number of halogens is 2. The number of hydrogen-bond donors (Lipinski definition) is 0. The molecule has 66 valence electrons. The first-order valence-corrected chi connectivity index (χ1v) is 5.09. The van der Waals surface area contributed by atoms with Gasteiger partial charge in [-0.2, -0.15) is 0 Å². The predicted molar refractivity (Wildman–Crippen MR) is 58.2 cm³/mol. The molecule has 0 saturated carbocycles. The van der Waals surface area contributed by atoms with Gasteiger partial charge in [0.15, 0.2) is 0 Å². The lowest BCUT2D eigenvalue weighted by atomic mass is 10.3. The average Bonchev–Trinajstić information content (AvgIpc) is 2.53. The largest absolute Gasteiger partial charge is 0.252 e. The van der Waals surface area contributed by atoms with Gasteiger partial charge in [-0.15, -0.1) is 13.2 Å². The second-order valence-electron chi connectivity index (χ2n) is 2.22. The summed E-state index contributed by atoms with van der Waals surface area (Å²) in [6.07, 6.45) is 1.70. The highest BCUT2D eigenvalue weighted by Crippen LogP contribution is 2.14. The molecule has 2 heterocycles. The van der Waals surface area contributed by atoms with Gasteiger partial charge in [0.2, 0.25) is 5.82 Å². The Bertz CT molecular complexity index is 411. The topological polar surface area (TPSA) is 56.5 Å². The van der Waals surface area contributed by atoms with Gasteiger partial charge in [-0.1, -0.05) is 0 Å². The molecule has 13 heavy (non-hydrogen) atoms. The minimum absolute atomic E-state index is 0.530. The molecular weight excluding hydrogens is 349 g/mol. The van der Waals surface area contributed by atoms with Gasteiger partial charge in [-0.3, -0.25) is 4.98 Å². The number of hydrogen-bond acceptors (Lipinski definition) is 4. The van der Waals surface area contributed by atoms with Gasteiger partial charge < -0.3 is 0 Å². The second-order valence-corrected chi connectivity index (χ2v) is 3.99. The maximum atomic E-state index is 4.13. The van der Waals surface area contributed by atoms with E-state index in [1.807, 2.05) is 35.0 Å². The number of pyridine rings is 1. The highest BCUT2D eigenvalue weighted by atomic mass is 127. The van der Waals surface area contributed by atoms with Crippen LogP contribution in [0, 0.1) is 0 Å². The van der Waals surface area contributed by atoms with Crippen molar-refractivity contribution < 1.29 is 0 Å². The normalized spacial score (nSPS) is 10.3. The van der Waals surface area contributed by atoms with E-state index < -0.39 is 0 Å². The van der Waals surface area contributed by atoms with Gasteiger partial charge in [0.25, 0.3) is 0 Å². The Balaban J connectivity index is 2.41. The van der Waals surface area contributed by atoms with Crippen LogP contribution in [-0.2, 0) is 0 Å². The molecule has 0 spiro atoms. The van der Waals surface area contributed by atoms with Crippen LogP contribution in [0.2, 0.25) is 0 Å². The van der Waals surface area contributed by atoms with E-state index >= 15 is 0 Å². The Morgan fingerprint density at radius 3 is 2.77 bits per heavy atom. The van der Waals surface area contributed by atoms with Crippen molar-refractivity contribution in [2.45, 2.75) is 0 Å². The molecule has 0 saturated heterocycles. The molecule has 0 amide bonds. The van der Waals surface area contributed by atoms with Crippen LogP contribution in [0.4, 0.5) is 0 Å². The molecule has 7 heteroatoms. The molecule has 0 aromatic carbocycles. The van der Waals surface area contributed by atoms with Crippen LogP contribution in [0.15, 0.2) is 22.8 Å². The average molecular weight is 352 g/mol. The van der Waals surface area contributed by atoms with E-state index in [9.17, 15) is 0 Å². The molecule has 0 bridgehead atoms. The molecule has 0 aliphatic rings. The molecular formula is C6H3BrIN5. The Morgan fingerprint density at radius 1 is 1.38 bits per heavy atom. The smallest absolute Gasteiger partial charge is 0.224 e. The second kappa shape index (κ2) is 3.66. The fourth-order valence-electron chi connectivity index (χ4n) is 0.808. The zero-order chi connectivity index (χ0) is 9.26. The monoisotopic (exact) mass is 351 g/mol. The minimum atomic E-state index is 0.530. The fraction of sp³-hybridized carbons (Fsp3) is 0. The van der Waals surface area contributed by atoms with Gasteiger partial charge in [0.05, 0.1) is 0 Å². The number of tetrazole rings is 1. The summed E-state index contributed by atoms with van der Waals surface area (Å²) < 4.78 is 2.30.